The topological polar surface area (TPSA) is 39.2 Å². The van der Waals surface area contributed by atoms with Crippen LogP contribution < -0.4 is 4.74 Å². The highest BCUT2D eigenvalue weighted by Crippen LogP contribution is 2.37. The molecule has 0 spiro atoms. The van der Waals surface area contributed by atoms with Crippen LogP contribution >= 0.6 is 23.5 Å². The number of methoxy groups -OCH3 is 1. The Balaban J connectivity index is 2.11. The quantitative estimate of drug-likeness (QED) is 0.798. The normalized spacial score (nSPS) is 27.8. The second kappa shape index (κ2) is 5.97. The molecule has 1 aliphatic rings. The number of Topliss-reactive ketones (excluding diaryl/α,β-unsaturated/α-hetero) is 1. The Morgan fingerprint density at radius 2 is 2.17 bits per heavy atom. The number of aromatic nitrogens is 1. The van der Waals surface area contributed by atoms with Crippen molar-refractivity contribution < 1.29 is 9.53 Å². The molecule has 2 heterocycles. The molecule has 0 N–H and O–H groups in total. The van der Waals surface area contributed by atoms with Crippen molar-refractivity contribution in [3.63, 3.8) is 0 Å². The first-order valence-electron chi connectivity index (χ1n) is 5.92. The molecule has 3 unspecified atom stereocenters. The van der Waals surface area contributed by atoms with Gasteiger partial charge in [-0.3, -0.25) is 9.78 Å². The summed E-state index contributed by atoms with van der Waals surface area (Å²) in [7, 11) is 1.58. The summed E-state index contributed by atoms with van der Waals surface area (Å²) in [5, 5.41) is 1.16. The molecule has 1 fully saturated rings. The molecule has 0 bridgehead atoms. The van der Waals surface area contributed by atoms with Gasteiger partial charge in [0.2, 0.25) is 0 Å². The Morgan fingerprint density at radius 3 is 2.83 bits per heavy atom. The van der Waals surface area contributed by atoms with E-state index in [1.165, 1.54) is 0 Å². The fourth-order valence-corrected chi connectivity index (χ4v) is 4.65. The van der Waals surface area contributed by atoms with Crippen LogP contribution in [0.5, 0.6) is 5.75 Å². The maximum absolute atomic E-state index is 12.4. The van der Waals surface area contributed by atoms with E-state index < -0.39 is 0 Å². The lowest BCUT2D eigenvalue weighted by molar-refractivity contribution is 0.0994. The van der Waals surface area contributed by atoms with E-state index in [2.05, 4.69) is 18.8 Å². The fourth-order valence-electron chi connectivity index (χ4n) is 1.77. The van der Waals surface area contributed by atoms with Crippen LogP contribution in [-0.4, -0.2) is 39.4 Å². The molecular formula is C13H17NO2S2. The number of carbonyl (C=O) groups is 1. The molecule has 2 rings (SSSR count). The van der Waals surface area contributed by atoms with Gasteiger partial charge >= 0.3 is 0 Å². The lowest BCUT2D eigenvalue weighted by atomic mass is 10.1. The minimum absolute atomic E-state index is 0.0371. The Morgan fingerprint density at radius 1 is 1.39 bits per heavy atom. The molecule has 0 aliphatic carbocycles. The molecule has 1 saturated heterocycles. The highest BCUT2D eigenvalue weighted by molar-refractivity contribution is 8.08. The van der Waals surface area contributed by atoms with Crippen LogP contribution in [0, 0.1) is 0 Å². The van der Waals surface area contributed by atoms with Crippen molar-refractivity contribution in [3.8, 4) is 5.75 Å². The molecule has 0 saturated carbocycles. The summed E-state index contributed by atoms with van der Waals surface area (Å²) >= 11 is 3.65. The van der Waals surface area contributed by atoms with Crippen LogP contribution in [0.15, 0.2) is 18.5 Å². The Kier molecular flexibility index (Phi) is 4.56. The van der Waals surface area contributed by atoms with Gasteiger partial charge in [-0.2, -0.15) is 11.8 Å². The summed E-state index contributed by atoms with van der Waals surface area (Å²) in [5.41, 5.74) is 0.647. The first-order chi connectivity index (χ1) is 8.61. The number of rotatable bonds is 3. The highest BCUT2D eigenvalue weighted by Gasteiger charge is 2.31. The van der Waals surface area contributed by atoms with Crippen molar-refractivity contribution in [2.24, 2.45) is 0 Å². The van der Waals surface area contributed by atoms with Crippen molar-refractivity contribution in [2.75, 3.05) is 12.9 Å². The molecule has 3 atom stereocenters. The molecule has 0 aromatic carbocycles. The minimum Gasteiger partial charge on any atom is -0.495 e. The van der Waals surface area contributed by atoms with Crippen molar-refractivity contribution in [1.82, 2.24) is 4.98 Å². The lowest BCUT2D eigenvalue weighted by Crippen LogP contribution is -2.31. The van der Waals surface area contributed by atoms with E-state index in [-0.39, 0.29) is 11.0 Å². The van der Waals surface area contributed by atoms with Crippen molar-refractivity contribution in [1.29, 1.82) is 0 Å². The van der Waals surface area contributed by atoms with E-state index in [0.717, 1.165) is 5.75 Å². The molecule has 5 heteroatoms. The van der Waals surface area contributed by atoms with Gasteiger partial charge in [-0.1, -0.05) is 13.8 Å². The predicted molar refractivity (Wildman–Crippen MR) is 77.9 cm³/mol. The van der Waals surface area contributed by atoms with Crippen LogP contribution in [0.3, 0.4) is 0 Å². The maximum atomic E-state index is 12.4. The molecule has 0 radical (unpaired) electrons. The standard InChI is InChI=1S/C13H17NO2S2/c1-8-9(2)18-12(7-17-8)13(15)10-4-11(16-3)6-14-5-10/h4-6,8-9,12H,7H2,1-3H3. The summed E-state index contributed by atoms with van der Waals surface area (Å²) in [6.45, 7) is 4.40. The largest absolute Gasteiger partial charge is 0.495 e. The third-order valence-corrected chi connectivity index (χ3v) is 6.47. The van der Waals surface area contributed by atoms with E-state index in [4.69, 9.17) is 4.74 Å². The summed E-state index contributed by atoms with van der Waals surface area (Å²) in [6.07, 6.45) is 3.24. The third kappa shape index (κ3) is 3.01. The molecule has 0 amide bonds. The number of hydrogen-bond acceptors (Lipinski definition) is 5. The molecule has 1 aromatic rings. The van der Waals surface area contributed by atoms with Gasteiger partial charge in [0, 0.05) is 28.0 Å². The number of hydrogen-bond donors (Lipinski definition) is 0. The van der Waals surface area contributed by atoms with Gasteiger partial charge in [0.1, 0.15) is 5.75 Å². The van der Waals surface area contributed by atoms with Crippen molar-refractivity contribution >= 4 is 29.3 Å². The van der Waals surface area contributed by atoms with E-state index in [1.807, 2.05) is 11.8 Å². The molecule has 18 heavy (non-hydrogen) atoms. The number of ether oxygens (including phenoxy) is 1. The lowest BCUT2D eigenvalue weighted by Gasteiger charge is -2.30. The van der Waals surface area contributed by atoms with Crippen LogP contribution in [0.1, 0.15) is 24.2 Å². The van der Waals surface area contributed by atoms with E-state index in [1.54, 1.807) is 37.3 Å². The third-order valence-electron chi connectivity index (χ3n) is 3.08. The van der Waals surface area contributed by atoms with E-state index in [0.29, 0.717) is 21.8 Å². The first kappa shape index (κ1) is 13.7. The molecule has 3 nitrogen and oxygen atoms in total. The zero-order chi connectivity index (χ0) is 13.1. The van der Waals surface area contributed by atoms with Crippen LogP contribution in [-0.2, 0) is 0 Å². The second-order valence-electron chi connectivity index (χ2n) is 4.35. The summed E-state index contributed by atoms with van der Waals surface area (Å²) in [6, 6.07) is 1.77. The van der Waals surface area contributed by atoms with Gasteiger partial charge in [0.25, 0.3) is 0 Å². The smallest absolute Gasteiger partial charge is 0.178 e. The second-order valence-corrected chi connectivity index (χ2v) is 7.34. The Labute approximate surface area is 116 Å². The summed E-state index contributed by atoms with van der Waals surface area (Å²) < 4.78 is 5.10. The monoisotopic (exact) mass is 283 g/mol. The van der Waals surface area contributed by atoms with Crippen LogP contribution in [0.25, 0.3) is 0 Å². The Hall–Kier alpha value is -0.680. The fraction of sp³-hybridized carbons (Fsp3) is 0.538. The summed E-state index contributed by atoms with van der Waals surface area (Å²) in [4.78, 5) is 16.4. The maximum Gasteiger partial charge on any atom is 0.178 e. The van der Waals surface area contributed by atoms with Gasteiger partial charge in [0.15, 0.2) is 5.78 Å². The van der Waals surface area contributed by atoms with Gasteiger partial charge in [-0.05, 0) is 6.07 Å². The average molecular weight is 283 g/mol. The van der Waals surface area contributed by atoms with Gasteiger partial charge < -0.3 is 4.74 Å². The molecule has 1 aromatic heterocycles. The van der Waals surface area contributed by atoms with E-state index >= 15 is 0 Å². The van der Waals surface area contributed by atoms with Crippen molar-refractivity contribution in [2.45, 2.75) is 29.6 Å². The highest BCUT2D eigenvalue weighted by atomic mass is 32.2. The summed E-state index contributed by atoms with van der Waals surface area (Å²) in [5.74, 6) is 1.68. The van der Waals surface area contributed by atoms with Crippen molar-refractivity contribution in [3.05, 3.63) is 24.0 Å². The van der Waals surface area contributed by atoms with E-state index in [9.17, 15) is 4.79 Å². The number of ketones is 1. The van der Waals surface area contributed by atoms with Gasteiger partial charge in [-0.15, -0.1) is 11.8 Å². The van der Waals surface area contributed by atoms with Crippen LogP contribution in [0.4, 0.5) is 0 Å². The zero-order valence-electron chi connectivity index (χ0n) is 10.8. The number of thioether (sulfide) groups is 2. The molecule has 98 valence electrons. The van der Waals surface area contributed by atoms with Crippen LogP contribution in [0.2, 0.25) is 0 Å². The SMILES string of the molecule is COc1cncc(C(=O)C2CSC(C)C(C)S2)c1. The number of nitrogens with zero attached hydrogens (tertiary/aromatic N) is 1. The predicted octanol–water partition coefficient (Wildman–Crippen LogP) is 2.90. The van der Waals surface area contributed by atoms with Gasteiger partial charge in [-0.25, -0.2) is 0 Å². The average Bonchev–Trinajstić information content (AvgIpc) is 2.41. The minimum atomic E-state index is 0.0371. The zero-order valence-corrected chi connectivity index (χ0v) is 12.4. The molecular weight excluding hydrogens is 266 g/mol. The Bertz CT molecular complexity index is 439. The first-order valence-corrected chi connectivity index (χ1v) is 7.91. The number of carbonyl (C=O) groups excluding carboxylic acids is 1. The molecule has 1 aliphatic heterocycles. The van der Waals surface area contributed by atoms with Gasteiger partial charge in [0.05, 0.1) is 18.6 Å². The number of pyridine rings is 1.